The molecular formula is C23H32N2O3S. The largest absolute Gasteiger partial charge is 0.352 e. The molecule has 158 valence electrons. The Kier molecular flexibility index (Phi) is 6.60. The number of hydrogen-bond acceptors (Lipinski definition) is 3. The lowest BCUT2D eigenvalue weighted by Gasteiger charge is -2.22. The van der Waals surface area contributed by atoms with E-state index in [4.69, 9.17) is 5.14 Å². The van der Waals surface area contributed by atoms with Crippen molar-refractivity contribution in [1.82, 2.24) is 5.32 Å². The highest BCUT2D eigenvalue weighted by molar-refractivity contribution is 7.89. The number of carbonyl (C=O) groups excluding carboxylic acids is 1. The van der Waals surface area contributed by atoms with Crippen LogP contribution in [0.15, 0.2) is 29.2 Å². The zero-order valence-electron chi connectivity index (χ0n) is 18.4. The first-order valence-electron chi connectivity index (χ1n) is 9.74. The van der Waals surface area contributed by atoms with Crippen LogP contribution in [0, 0.1) is 27.7 Å². The normalized spacial score (nSPS) is 12.1. The van der Waals surface area contributed by atoms with Crippen molar-refractivity contribution in [3.05, 3.63) is 63.2 Å². The molecule has 0 aliphatic heterocycles. The van der Waals surface area contributed by atoms with Crippen LogP contribution < -0.4 is 10.5 Å². The molecule has 5 nitrogen and oxygen atoms in total. The van der Waals surface area contributed by atoms with Crippen molar-refractivity contribution in [2.75, 3.05) is 6.54 Å². The molecule has 0 aromatic heterocycles. The minimum atomic E-state index is -3.88. The van der Waals surface area contributed by atoms with Crippen LogP contribution in [0.4, 0.5) is 0 Å². The molecule has 1 amide bonds. The maximum atomic E-state index is 12.6. The average molecular weight is 417 g/mol. The van der Waals surface area contributed by atoms with E-state index < -0.39 is 10.0 Å². The number of primary sulfonamides is 1. The Morgan fingerprint density at radius 2 is 1.52 bits per heavy atom. The second-order valence-electron chi connectivity index (χ2n) is 8.81. The number of amides is 1. The first-order chi connectivity index (χ1) is 13.2. The van der Waals surface area contributed by atoms with Gasteiger partial charge in [0.15, 0.2) is 0 Å². The molecule has 0 atom stereocenters. The predicted octanol–water partition coefficient (Wildman–Crippen LogP) is 3.84. The van der Waals surface area contributed by atoms with E-state index in [2.05, 4.69) is 52.1 Å². The molecule has 0 heterocycles. The maximum absolute atomic E-state index is 12.6. The number of nitrogens with two attached hydrogens (primary N) is 1. The van der Waals surface area contributed by atoms with Crippen LogP contribution in [0.2, 0.25) is 0 Å². The SMILES string of the molecule is Cc1cc(C(=O)NCCc2c(C)cc(C(C)(C)C)cc2C)cc(S(N)(=O)=O)c1C. The number of hydrogen-bond donors (Lipinski definition) is 2. The molecule has 0 fully saturated rings. The molecule has 0 aliphatic rings. The number of carbonyl (C=O) groups is 1. The monoisotopic (exact) mass is 416 g/mol. The number of benzene rings is 2. The van der Waals surface area contributed by atoms with Crippen molar-refractivity contribution in [1.29, 1.82) is 0 Å². The summed E-state index contributed by atoms with van der Waals surface area (Å²) >= 11 is 0. The summed E-state index contributed by atoms with van der Waals surface area (Å²) < 4.78 is 23.6. The number of sulfonamides is 1. The van der Waals surface area contributed by atoms with Crippen LogP contribution in [-0.2, 0) is 21.9 Å². The quantitative estimate of drug-likeness (QED) is 0.776. The molecule has 0 saturated carbocycles. The van der Waals surface area contributed by atoms with Crippen molar-refractivity contribution in [2.45, 2.75) is 65.2 Å². The topological polar surface area (TPSA) is 89.3 Å². The van der Waals surface area contributed by atoms with Crippen molar-refractivity contribution >= 4 is 15.9 Å². The van der Waals surface area contributed by atoms with Gasteiger partial charge in [0.25, 0.3) is 5.91 Å². The van der Waals surface area contributed by atoms with Crippen molar-refractivity contribution in [3.8, 4) is 0 Å². The van der Waals surface area contributed by atoms with Gasteiger partial charge in [0, 0.05) is 12.1 Å². The van der Waals surface area contributed by atoms with E-state index in [9.17, 15) is 13.2 Å². The van der Waals surface area contributed by atoms with E-state index in [0.717, 1.165) is 0 Å². The van der Waals surface area contributed by atoms with Crippen molar-refractivity contribution < 1.29 is 13.2 Å². The fraction of sp³-hybridized carbons (Fsp3) is 0.435. The third-order valence-electron chi connectivity index (χ3n) is 5.41. The molecule has 3 N–H and O–H groups in total. The van der Waals surface area contributed by atoms with Gasteiger partial charge in [-0.3, -0.25) is 4.79 Å². The van der Waals surface area contributed by atoms with Gasteiger partial charge in [0.1, 0.15) is 0 Å². The molecule has 6 heteroatoms. The standard InChI is InChI=1S/C23H32N2O3S/c1-14-10-18(13-21(17(14)4)29(24,27)28)22(26)25-9-8-20-15(2)11-19(12-16(20)3)23(5,6)7/h10-13H,8-9H2,1-7H3,(H,25,26)(H2,24,27,28). The average Bonchev–Trinajstić information content (AvgIpc) is 2.57. The summed E-state index contributed by atoms with van der Waals surface area (Å²) in [7, 11) is -3.88. The van der Waals surface area contributed by atoms with Gasteiger partial charge in [-0.1, -0.05) is 32.9 Å². The number of rotatable bonds is 5. The van der Waals surface area contributed by atoms with E-state index >= 15 is 0 Å². The van der Waals surface area contributed by atoms with E-state index in [0.29, 0.717) is 29.7 Å². The molecular weight excluding hydrogens is 384 g/mol. The van der Waals surface area contributed by atoms with Crippen molar-refractivity contribution in [2.24, 2.45) is 5.14 Å². The molecule has 2 rings (SSSR count). The highest BCUT2D eigenvalue weighted by Gasteiger charge is 2.18. The van der Waals surface area contributed by atoms with Crippen LogP contribution in [0.3, 0.4) is 0 Å². The summed E-state index contributed by atoms with van der Waals surface area (Å²) in [5.74, 6) is -0.306. The summed E-state index contributed by atoms with van der Waals surface area (Å²) in [5, 5.41) is 8.19. The highest BCUT2D eigenvalue weighted by atomic mass is 32.2. The zero-order valence-corrected chi connectivity index (χ0v) is 19.3. The molecule has 2 aromatic rings. The lowest BCUT2D eigenvalue weighted by molar-refractivity contribution is 0.0953. The first kappa shape index (κ1) is 23.1. The minimum absolute atomic E-state index is 0.00731. The van der Waals surface area contributed by atoms with Gasteiger partial charge in [-0.2, -0.15) is 0 Å². The van der Waals surface area contributed by atoms with E-state index in [1.54, 1.807) is 19.9 Å². The molecule has 0 saturated heterocycles. The van der Waals surface area contributed by atoms with E-state index in [-0.39, 0.29) is 16.2 Å². The van der Waals surface area contributed by atoms with Gasteiger partial charge in [0.05, 0.1) is 4.90 Å². The van der Waals surface area contributed by atoms with Gasteiger partial charge >= 0.3 is 0 Å². The molecule has 0 unspecified atom stereocenters. The first-order valence-corrected chi connectivity index (χ1v) is 11.3. The minimum Gasteiger partial charge on any atom is -0.352 e. The van der Waals surface area contributed by atoms with Crippen LogP contribution in [-0.4, -0.2) is 20.9 Å². The fourth-order valence-electron chi connectivity index (χ4n) is 3.48. The maximum Gasteiger partial charge on any atom is 0.251 e. The van der Waals surface area contributed by atoms with Crippen LogP contribution in [0.25, 0.3) is 0 Å². The Bertz CT molecular complexity index is 1030. The lowest BCUT2D eigenvalue weighted by atomic mass is 9.83. The molecule has 0 bridgehead atoms. The summed E-state index contributed by atoms with van der Waals surface area (Å²) in [4.78, 5) is 12.6. The molecule has 0 aliphatic carbocycles. The van der Waals surface area contributed by atoms with Crippen molar-refractivity contribution in [3.63, 3.8) is 0 Å². The smallest absolute Gasteiger partial charge is 0.251 e. The van der Waals surface area contributed by atoms with E-state index in [1.807, 2.05) is 0 Å². The Labute approximate surface area is 174 Å². The molecule has 29 heavy (non-hydrogen) atoms. The van der Waals surface area contributed by atoms with Gasteiger partial charge in [-0.25, -0.2) is 13.6 Å². The van der Waals surface area contributed by atoms with Crippen LogP contribution in [0.5, 0.6) is 0 Å². The predicted molar refractivity (Wildman–Crippen MR) is 118 cm³/mol. The Morgan fingerprint density at radius 3 is 2.00 bits per heavy atom. The Balaban J connectivity index is 2.16. The summed E-state index contributed by atoms with van der Waals surface area (Å²) in [5.41, 5.74) is 6.62. The van der Waals surface area contributed by atoms with Gasteiger partial charge < -0.3 is 5.32 Å². The van der Waals surface area contributed by atoms with E-state index in [1.165, 1.54) is 28.3 Å². The second-order valence-corrected chi connectivity index (χ2v) is 10.3. The van der Waals surface area contributed by atoms with Crippen LogP contribution in [0.1, 0.15) is 64.5 Å². The number of aryl methyl sites for hydroxylation is 3. The highest BCUT2D eigenvalue weighted by Crippen LogP contribution is 2.27. The van der Waals surface area contributed by atoms with Gasteiger partial charge in [0.2, 0.25) is 10.0 Å². The lowest BCUT2D eigenvalue weighted by Crippen LogP contribution is -2.27. The Hall–Kier alpha value is -2.18. The molecule has 2 aromatic carbocycles. The second kappa shape index (κ2) is 8.28. The molecule has 0 spiro atoms. The summed E-state index contributed by atoms with van der Waals surface area (Å²) in [6.45, 7) is 14.7. The Morgan fingerprint density at radius 1 is 0.966 bits per heavy atom. The molecule has 0 radical (unpaired) electrons. The van der Waals surface area contributed by atoms with Gasteiger partial charge in [-0.15, -0.1) is 0 Å². The zero-order chi connectivity index (χ0) is 22.1. The third-order valence-corrected chi connectivity index (χ3v) is 6.45. The third kappa shape index (κ3) is 5.46. The summed E-state index contributed by atoms with van der Waals surface area (Å²) in [6, 6.07) is 7.47. The summed E-state index contributed by atoms with van der Waals surface area (Å²) in [6.07, 6.45) is 0.709. The number of nitrogens with one attached hydrogen (secondary N) is 1. The van der Waals surface area contributed by atoms with Gasteiger partial charge in [-0.05, 0) is 85.0 Å². The fourth-order valence-corrected chi connectivity index (χ4v) is 4.36. The van der Waals surface area contributed by atoms with Crippen LogP contribution >= 0.6 is 0 Å².